The average Bonchev–Trinajstić information content (AvgIpc) is 3.04. The van der Waals surface area contributed by atoms with E-state index in [-0.39, 0.29) is 0 Å². The number of rotatable bonds is 37. The first-order valence-electron chi connectivity index (χ1n) is 20.7. The first-order valence-corrected chi connectivity index (χ1v) is 22.7. The van der Waals surface area contributed by atoms with E-state index in [1.807, 2.05) is 0 Å². The van der Waals surface area contributed by atoms with E-state index in [1.54, 1.807) is 0 Å². The zero-order valence-electron chi connectivity index (χ0n) is 31.7. The molecule has 0 radical (unpaired) electrons. The van der Waals surface area contributed by atoms with Crippen molar-refractivity contribution in [3.63, 3.8) is 0 Å². The topological polar surface area (TPSA) is 15.7 Å². The Morgan fingerprint density at radius 3 is 0.977 bits per heavy atom. The third kappa shape index (κ3) is 27.7. The molecular formula is C40H85N2OTi. The van der Waals surface area contributed by atoms with Crippen LogP contribution in [0, 0.1) is 5.92 Å². The van der Waals surface area contributed by atoms with Crippen LogP contribution in [0.3, 0.4) is 0 Å². The molecule has 0 aliphatic carbocycles. The molecule has 0 heterocycles. The van der Waals surface area contributed by atoms with Crippen LogP contribution >= 0.6 is 0 Å². The van der Waals surface area contributed by atoms with Crippen molar-refractivity contribution >= 4 is 0 Å². The number of hydrogen-bond donors (Lipinski definition) is 0. The second-order valence-electron chi connectivity index (χ2n) is 14.1. The zero-order chi connectivity index (χ0) is 32.4. The monoisotopic (exact) mass is 658 g/mol. The van der Waals surface area contributed by atoms with Crippen LogP contribution in [-0.2, 0) is 22.1 Å². The molecule has 0 amide bonds. The molecule has 0 aliphatic heterocycles. The van der Waals surface area contributed by atoms with Crippen LogP contribution in [-0.4, -0.2) is 39.5 Å². The van der Waals surface area contributed by atoms with Crippen molar-refractivity contribution in [2.24, 2.45) is 5.92 Å². The van der Waals surface area contributed by atoms with Gasteiger partial charge in [-0.1, -0.05) is 0 Å². The summed E-state index contributed by atoms with van der Waals surface area (Å²) in [6, 6.07) is 0. The van der Waals surface area contributed by atoms with E-state index in [4.69, 9.17) is 3.32 Å². The fourth-order valence-corrected chi connectivity index (χ4v) is 10.4. The molecule has 0 saturated heterocycles. The van der Waals surface area contributed by atoms with Gasteiger partial charge in [-0.15, -0.1) is 0 Å². The molecule has 0 fully saturated rings. The molecule has 0 bridgehead atoms. The molecule has 0 saturated carbocycles. The van der Waals surface area contributed by atoms with E-state index < -0.39 is 18.8 Å². The molecule has 1 atom stereocenters. The Morgan fingerprint density at radius 2 is 0.682 bits per heavy atom. The Balaban J connectivity index is 5.72. The van der Waals surface area contributed by atoms with Crippen molar-refractivity contribution < 1.29 is 22.1 Å². The summed E-state index contributed by atoms with van der Waals surface area (Å²) in [6.07, 6.45) is 38.8. The minimum absolute atomic E-state index is 0.743. The fourth-order valence-electron chi connectivity index (χ4n) is 6.41. The van der Waals surface area contributed by atoms with Crippen LogP contribution in [0.5, 0.6) is 0 Å². The predicted molar refractivity (Wildman–Crippen MR) is 196 cm³/mol. The SMILES string of the molecule is CCCCCCCC[N](CCCCCCCC)[Ti]([O]CC(CC)CCCC)[N](CCCCCCCC)CCCCCCCC. The summed E-state index contributed by atoms with van der Waals surface area (Å²) in [7, 11) is 0. The molecular weight excluding hydrogens is 572 g/mol. The first-order chi connectivity index (χ1) is 21.7. The van der Waals surface area contributed by atoms with Gasteiger partial charge in [0.2, 0.25) is 0 Å². The van der Waals surface area contributed by atoms with Gasteiger partial charge in [0.25, 0.3) is 0 Å². The van der Waals surface area contributed by atoms with Gasteiger partial charge in [0.15, 0.2) is 0 Å². The van der Waals surface area contributed by atoms with Crippen LogP contribution in [0.1, 0.15) is 221 Å². The third-order valence-corrected chi connectivity index (χ3v) is 13.4. The van der Waals surface area contributed by atoms with E-state index in [0.29, 0.717) is 0 Å². The van der Waals surface area contributed by atoms with Crippen molar-refractivity contribution in [3.05, 3.63) is 0 Å². The van der Waals surface area contributed by atoms with Crippen molar-refractivity contribution in [1.82, 2.24) is 6.76 Å². The van der Waals surface area contributed by atoms with Crippen molar-refractivity contribution in [2.75, 3.05) is 32.8 Å². The van der Waals surface area contributed by atoms with Gasteiger partial charge < -0.3 is 0 Å². The number of unbranched alkanes of at least 4 members (excludes halogenated alkanes) is 21. The van der Waals surface area contributed by atoms with Gasteiger partial charge in [0, 0.05) is 0 Å². The summed E-state index contributed by atoms with van der Waals surface area (Å²) in [4.78, 5) is 0. The summed E-state index contributed by atoms with van der Waals surface area (Å²) in [5.41, 5.74) is 0. The van der Waals surface area contributed by atoms with Crippen LogP contribution in [0.15, 0.2) is 0 Å². The summed E-state index contributed by atoms with van der Waals surface area (Å²) < 4.78 is 13.3. The van der Waals surface area contributed by atoms with Crippen LogP contribution in [0.2, 0.25) is 0 Å². The Morgan fingerprint density at radius 1 is 0.386 bits per heavy atom. The molecule has 0 aromatic carbocycles. The molecule has 0 aromatic rings. The number of nitrogens with zero attached hydrogens (tertiary/aromatic N) is 2. The van der Waals surface area contributed by atoms with Gasteiger partial charge in [-0.2, -0.15) is 0 Å². The molecule has 4 heteroatoms. The molecule has 1 unspecified atom stereocenters. The van der Waals surface area contributed by atoms with Gasteiger partial charge in [-0.3, -0.25) is 0 Å². The average molecular weight is 658 g/mol. The maximum absolute atomic E-state index is 7.32. The Kier molecular flexibility index (Phi) is 36.9. The normalized spacial score (nSPS) is 12.5. The van der Waals surface area contributed by atoms with E-state index >= 15 is 0 Å². The fraction of sp³-hybridized carbons (Fsp3) is 1.00. The minimum atomic E-state index is -2.03. The Bertz CT molecular complexity index is 466. The van der Waals surface area contributed by atoms with Crippen LogP contribution in [0.25, 0.3) is 0 Å². The Labute approximate surface area is 287 Å². The molecule has 0 spiro atoms. The van der Waals surface area contributed by atoms with Gasteiger partial charge in [0.1, 0.15) is 0 Å². The standard InChI is InChI=1S/2C16H34N.C8H17O.Ti/c2*1-3-5-7-9-11-13-15-17-16-14-12-10-8-6-4-2;1-3-5-6-8(4-2)7-9;/h2*3-16H2,1-2H3;8H,3-7H2,1-2H3;/q3*-1;+3. The molecule has 0 N–H and O–H groups in total. The van der Waals surface area contributed by atoms with Crippen LogP contribution < -0.4 is 0 Å². The van der Waals surface area contributed by atoms with Crippen molar-refractivity contribution in [1.29, 1.82) is 0 Å². The maximum atomic E-state index is 7.32. The van der Waals surface area contributed by atoms with Gasteiger partial charge >= 0.3 is 289 Å². The van der Waals surface area contributed by atoms with Crippen molar-refractivity contribution in [3.8, 4) is 0 Å². The Hall–Kier alpha value is 0.594. The van der Waals surface area contributed by atoms with E-state index in [2.05, 4.69) is 48.3 Å². The summed E-state index contributed by atoms with van der Waals surface area (Å²) in [5, 5.41) is 0. The van der Waals surface area contributed by atoms with Crippen LogP contribution in [0.4, 0.5) is 0 Å². The number of hydrogen-bond acceptors (Lipinski definition) is 3. The molecule has 44 heavy (non-hydrogen) atoms. The summed E-state index contributed by atoms with van der Waals surface area (Å²) in [5.74, 6) is 0.743. The molecule has 0 aromatic heterocycles. The predicted octanol–water partition coefficient (Wildman–Crippen LogP) is 13.6. The van der Waals surface area contributed by atoms with Gasteiger partial charge in [-0.05, 0) is 0 Å². The van der Waals surface area contributed by atoms with Gasteiger partial charge in [0.05, 0.1) is 0 Å². The zero-order valence-corrected chi connectivity index (χ0v) is 33.3. The second kappa shape index (κ2) is 36.4. The van der Waals surface area contributed by atoms with E-state index in [1.165, 1.54) is 206 Å². The summed E-state index contributed by atoms with van der Waals surface area (Å²) in [6.45, 7) is 20.2. The first kappa shape index (κ1) is 44.6. The molecule has 265 valence electrons. The third-order valence-electron chi connectivity index (χ3n) is 9.66. The summed E-state index contributed by atoms with van der Waals surface area (Å²) >= 11 is -2.03. The van der Waals surface area contributed by atoms with E-state index in [9.17, 15) is 0 Å². The van der Waals surface area contributed by atoms with Gasteiger partial charge in [-0.25, -0.2) is 0 Å². The van der Waals surface area contributed by atoms with Crippen molar-refractivity contribution in [2.45, 2.75) is 221 Å². The second-order valence-corrected chi connectivity index (χ2v) is 17.4. The molecule has 0 rings (SSSR count). The van der Waals surface area contributed by atoms with E-state index in [0.717, 1.165) is 12.5 Å². The molecule has 3 nitrogen and oxygen atoms in total. The molecule has 0 aliphatic rings. The quantitative estimate of drug-likeness (QED) is 0.0488.